The first-order chi connectivity index (χ1) is 10.3. The first-order valence-electron chi connectivity index (χ1n) is 6.98. The van der Waals surface area contributed by atoms with E-state index in [2.05, 4.69) is 43.0 Å². The molecule has 0 saturated carbocycles. The van der Waals surface area contributed by atoms with Crippen molar-refractivity contribution in [2.45, 2.75) is 26.9 Å². The van der Waals surface area contributed by atoms with Gasteiger partial charge in [0.1, 0.15) is 5.82 Å². The van der Waals surface area contributed by atoms with Crippen LogP contribution in [0.25, 0.3) is 11.4 Å². The fourth-order valence-electron chi connectivity index (χ4n) is 2.21. The summed E-state index contributed by atoms with van der Waals surface area (Å²) in [5.74, 6) is 1.53. The molecular formula is C15H18N6. The lowest BCUT2D eigenvalue weighted by molar-refractivity contribution is 0.719. The van der Waals surface area contributed by atoms with Gasteiger partial charge in [-0.25, -0.2) is 9.97 Å². The van der Waals surface area contributed by atoms with Gasteiger partial charge in [-0.1, -0.05) is 12.1 Å². The molecule has 6 heteroatoms. The van der Waals surface area contributed by atoms with E-state index in [-0.39, 0.29) is 0 Å². The van der Waals surface area contributed by atoms with Gasteiger partial charge in [-0.3, -0.25) is 5.10 Å². The van der Waals surface area contributed by atoms with E-state index in [0.717, 1.165) is 41.7 Å². The lowest BCUT2D eigenvalue weighted by atomic mass is 10.2. The number of imidazole rings is 1. The molecule has 21 heavy (non-hydrogen) atoms. The van der Waals surface area contributed by atoms with E-state index in [1.807, 2.05) is 37.6 Å². The molecule has 0 amide bonds. The first-order valence-corrected chi connectivity index (χ1v) is 6.98. The number of aromatic amines is 1. The van der Waals surface area contributed by atoms with Crippen LogP contribution in [0.5, 0.6) is 0 Å². The Morgan fingerprint density at radius 2 is 2.24 bits per heavy atom. The van der Waals surface area contributed by atoms with Gasteiger partial charge in [-0.2, -0.15) is 5.10 Å². The van der Waals surface area contributed by atoms with Crippen LogP contribution in [0.2, 0.25) is 0 Å². The molecule has 3 aromatic rings. The molecule has 6 nitrogen and oxygen atoms in total. The van der Waals surface area contributed by atoms with Crippen molar-refractivity contribution in [1.29, 1.82) is 0 Å². The Balaban J connectivity index is 1.74. The van der Waals surface area contributed by atoms with Crippen LogP contribution in [0.1, 0.15) is 18.4 Å². The Hall–Kier alpha value is -2.63. The summed E-state index contributed by atoms with van der Waals surface area (Å²) in [6.07, 6.45) is 3.74. The number of aryl methyl sites for hydroxylation is 2. The number of H-pyrrole nitrogens is 1. The lowest BCUT2D eigenvalue weighted by Crippen LogP contribution is -2.05. The minimum atomic E-state index is 0.717. The van der Waals surface area contributed by atoms with Crippen molar-refractivity contribution in [3.05, 3.63) is 48.3 Å². The number of hydrogen-bond acceptors (Lipinski definition) is 4. The number of nitrogens with one attached hydrogen (secondary N) is 2. The minimum Gasteiger partial charge on any atom is -0.379 e. The first kappa shape index (κ1) is 13.4. The van der Waals surface area contributed by atoms with Gasteiger partial charge in [0.25, 0.3) is 0 Å². The summed E-state index contributed by atoms with van der Waals surface area (Å²) in [6.45, 7) is 5.67. The van der Waals surface area contributed by atoms with E-state index in [4.69, 9.17) is 0 Å². The van der Waals surface area contributed by atoms with Gasteiger partial charge in [0.05, 0.1) is 18.6 Å². The molecule has 0 unspecified atom stereocenters. The highest BCUT2D eigenvalue weighted by atomic mass is 15.2. The van der Waals surface area contributed by atoms with Crippen molar-refractivity contribution in [3.63, 3.8) is 0 Å². The van der Waals surface area contributed by atoms with Gasteiger partial charge in [0.15, 0.2) is 5.82 Å². The highest BCUT2D eigenvalue weighted by Gasteiger charge is 2.05. The molecule has 0 fully saturated rings. The molecule has 108 valence electrons. The Morgan fingerprint density at radius 1 is 1.33 bits per heavy atom. The Morgan fingerprint density at radius 3 is 3.00 bits per heavy atom. The quantitative estimate of drug-likeness (QED) is 0.754. The minimum absolute atomic E-state index is 0.717. The summed E-state index contributed by atoms with van der Waals surface area (Å²) >= 11 is 0. The average molecular weight is 282 g/mol. The third kappa shape index (κ3) is 2.94. The van der Waals surface area contributed by atoms with Gasteiger partial charge in [-0.05, 0) is 26.0 Å². The van der Waals surface area contributed by atoms with Crippen LogP contribution < -0.4 is 5.32 Å². The number of rotatable bonds is 5. The second-order valence-electron chi connectivity index (χ2n) is 4.85. The molecule has 3 rings (SSSR count). The van der Waals surface area contributed by atoms with Crippen LogP contribution in [0.3, 0.4) is 0 Å². The molecule has 0 atom stereocenters. The molecule has 0 aliphatic heterocycles. The number of anilines is 1. The van der Waals surface area contributed by atoms with Crippen molar-refractivity contribution in [1.82, 2.24) is 24.7 Å². The second kappa shape index (κ2) is 5.78. The topological polar surface area (TPSA) is 71.4 Å². The highest BCUT2D eigenvalue weighted by molar-refractivity contribution is 5.62. The molecule has 0 bridgehead atoms. The van der Waals surface area contributed by atoms with Crippen LogP contribution in [0.15, 0.2) is 36.8 Å². The van der Waals surface area contributed by atoms with Crippen molar-refractivity contribution >= 4 is 5.69 Å². The molecule has 0 radical (unpaired) electrons. The molecule has 1 aromatic carbocycles. The predicted molar refractivity (Wildman–Crippen MR) is 81.8 cm³/mol. The zero-order chi connectivity index (χ0) is 14.7. The van der Waals surface area contributed by atoms with Crippen LogP contribution in [-0.4, -0.2) is 24.7 Å². The van der Waals surface area contributed by atoms with Gasteiger partial charge in [-0.15, -0.1) is 0 Å². The van der Waals surface area contributed by atoms with Gasteiger partial charge < -0.3 is 9.88 Å². The van der Waals surface area contributed by atoms with Crippen molar-refractivity contribution in [2.75, 3.05) is 5.32 Å². The number of nitrogens with zero attached hydrogens (tertiary/aromatic N) is 4. The Labute approximate surface area is 123 Å². The number of benzene rings is 1. The third-order valence-corrected chi connectivity index (χ3v) is 3.33. The summed E-state index contributed by atoms with van der Waals surface area (Å²) in [7, 11) is 0. The summed E-state index contributed by atoms with van der Waals surface area (Å²) in [5, 5.41) is 10.5. The number of hydrogen-bond donors (Lipinski definition) is 2. The summed E-state index contributed by atoms with van der Waals surface area (Å²) in [5.41, 5.74) is 3.20. The van der Waals surface area contributed by atoms with Crippen LogP contribution in [0, 0.1) is 6.92 Å². The molecule has 0 aliphatic rings. The van der Waals surface area contributed by atoms with Gasteiger partial charge in [0, 0.05) is 24.0 Å². The van der Waals surface area contributed by atoms with Crippen LogP contribution in [-0.2, 0) is 13.1 Å². The zero-order valence-corrected chi connectivity index (χ0v) is 12.2. The Kier molecular flexibility index (Phi) is 3.68. The highest BCUT2D eigenvalue weighted by Crippen LogP contribution is 2.19. The largest absolute Gasteiger partial charge is 0.379 e. The van der Waals surface area contributed by atoms with Gasteiger partial charge >= 0.3 is 0 Å². The van der Waals surface area contributed by atoms with Crippen LogP contribution in [0.4, 0.5) is 5.69 Å². The summed E-state index contributed by atoms with van der Waals surface area (Å²) in [4.78, 5) is 8.52. The number of aromatic nitrogens is 5. The maximum absolute atomic E-state index is 4.35. The fraction of sp³-hybridized carbons (Fsp3) is 0.267. The van der Waals surface area contributed by atoms with E-state index < -0.39 is 0 Å². The van der Waals surface area contributed by atoms with Gasteiger partial charge in [0.2, 0.25) is 0 Å². The maximum Gasteiger partial charge on any atom is 0.181 e. The van der Waals surface area contributed by atoms with E-state index in [1.54, 1.807) is 0 Å². The van der Waals surface area contributed by atoms with E-state index in [0.29, 0.717) is 0 Å². The van der Waals surface area contributed by atoms with E-state index in [9.17, 15) is 0 Å². The standard InChI is InChI=1S/C15H18N6/c1-3-21-10-16-8-14(21)9-17-13-6-4-5-12(7-13)15-18-11(2)19-20-15/h4-8,10,17H,3,9H2,1-2H3,(H,18,19,20). The molecule has 2 N–H and O–H groups in total. The summed E-state index contributed by atoms with van der Waals surface area (Å²) < 4.78 is 2.12. The normalized spacial score (nSPS) is 10.8. The van der Waals surface area contributed by atoms with Crippen LogP contribution >= 0.6 is 0 Å². The monoisotopic (exact) mass is 282 g/mol. The van der Waals surface area contributed by atoms with E-state index >= 15 is 0 Å². The van der Waals surface area contributed by atoms with E-state index in [1.165, 1.54) is 0 Å². The predicted octanol–water partition coefficient (Wildman–Crippen LogP) is 2.61. The molecular weight excluding hydrogens is 264 g/mol. The van der Waals surface area contributed by atoms with Crippen molar-refractivity contribution < 1.29 is 0 Å². The fourth-order valence-corrected chi connectivity index (χ4v) is 2.21. The Bertz CT molecular complexity index is 727. The maximum atomic E-state index is 4.35. The molecule has 0 spiro atoms. The summed E-state index contributed by atoms with van der Waals surface area (Å²) in [6, 6.07) is 8.09. The molecule has 0 saturated heterocycles. The molecule has 0 aliphatic carbocycles. The SMILES string of the molecule is CCn1cncc1CNc1cccc(-c2n[nH]c(C)n2)c1. The molecule has 2 heterocycles. The molecule has 2 aromatic heterocycles. The van der Waals surface area contributed by atoms with Crippen molar-refractivity contribution in [2.24, 2.45) is 0 Å². The average Bonchev–Trinajstić information content (AvgIpc) is 3.14. The zero-order valence-electron chi connectivity index (χ0n) is 12.2. The second-order valence-corrected chi connectivity index (χ2v) is 4.85. The smallest absolute Gasteiger partial charge is 0.181 e. The lowest BCUT2D eigenvalue weighted by Gasteiger charge is -2.09. The van der Waals surface area contributed by atoms with Crippen molar-refractivity contribution in [3.8, 4) is 11.4 Å². The third-order valence-electron chi connectivity index (χ3n) is 3.33.